The standard InChI is InChI=1S/C21H28N4O2/c26-20(17-25-13-9-22-21(25)18-7-2-1-3-8-18)24-12-6-14-27-19(16-24)15-23-10-4-5-11-23/h1-3,7-9,13,19H,4-6,10-12,14-17H2/t19-/m0/s1. The minimum atomic E-state index is 0.117. The van der Waals surface area contributed by atoms with E-state index in [-0.39, 0.29) is 12.0 Å². The van der Waals surface area contributed by atoms with Crippen molar-refractivity contribution in [1.29, 1.82) is 0 Å². The van der Waals surface area contributed by atoms with Gasteiger partial charge in [0.15, 0.2) is 0 Å². The highest BCUT2D eigenvalue weighted by molar-refractivity contribution is 5.76. The molecule has 6 heteroatoms. The number of amides is 1. The number of likely N-dealkylation sites (tertiary alicyclic amines) is 1. The first-order chi connectivity index (χ1) is 13.3. The summed E-state index contributed by atoms with van der Waals surface area (Å²) >= 11 is 0. The predicted molar refractivity (Wildman–Crippen MR) is 104 cm³/mol. The van der Waals surface area contributed by atoms with E-state index in [2.05, 4.69) is 9.88 Å². The fourth-order valence-corrected chi connectivity index (χ4v) is 4.02. The zero-order valence-corrected chi connectivity index (χ0v) is 15.8. The largest absolute Gasteiger partial charge is 0.375 e. The maximum absolute atomic E-state index is 13.0. The van der Waals surface area contributed by atoms with Crippen LogP contribution in [-0.2, 0) is 16.1 Å². The van der Waals surface area contributed by atoms with Crippen LogP contribution in [0.2, 0.25) is 0 Å². The van der Waals surface area contributed by atoms with Crippen molar-refractivity contribution < 1.29 is 9.53 Å². The van der Waals surface area contributed by atoms with Gasteiger partial charge in [-0.05, 0) is 32.4 Å². The van der Waals surface area contributed by atoms with Gasteiger partial charge in [-0.3, -0.25) is 4.79 Å². The first kappa shape index (κ1) is 18.2. The van der Waals surface area contributed by atoms with Gasteiger partial charge in [-0.15, -0.1) is 0 Å². The Labute approximate surface area is 160 Å². The van der Waals surface area contributed by atoms with Gasteiger partial charge in [-0.1, -0.05) is 30.3 Å². The topological polar surface area (TPSA) is 50.6 Å². The molecule has 0 bridgehead atoms. The predicted octanol–water partition coefficient (Wildman–Crippen LogP) is 2.26. The molecule has 0 unspecified atom stereocenters. The second-order valence-corrected chi connectivity index (χ2v) is 7.44. The Bertz CT molecular complexity index is 740. The molecule has 0 spiro atoms. The normalized spacial score (nSPS) is 21.3. The van der Waals surface area contributed by atoms with Crippen LogP contribution in [0.4, 0.5) is 0 Å². The lowest BCUT2D eigenvalue weighted by atomic mass is 10.2. The smallest absolute Gasteiger partial charge is 0.242 e. The van der Waals surface area contributed by atoms with Crippen molar-refractivity contribution in [3.05, 3.63) is 42.7 Å². The fourth-order valence-electron chi connectivity index (χ4n) is 4.02. The summed E-state index contributed by atoms with van der Waals surface area (Å²) in [5.74, 6) is 0.978. The third kappa shape index (κ3) is 4.57. The molecule has 0 saturated carbocycles. The van der Waals surface area contributed by atoms with E-state index in [9.17, 15) is 4.79 Å². The van der Waals surface area contributed by atoms with Crippen LogP contribution < -0.4 is 0 Å². The van der Waals surface area contributed by atoms with Crippen LogP contribution in [0.1, 0.15) is 19.3 Å². The quantitative estimate of drug-likeness (QED) is 0.812. The van der Waals surface area contributed by atoms with E-state index in [1.165, 1.54) is 12.8 Å². The van der Waals surface area contributed by atoms with Gasteiger partial charge in [0, 0.05) is 44.2 Å². The number of benzene rings is 1. The Balaban J connectivity index is 1.41. The third-order valence-corrected chi connectivity index (χ3v) is 5.42. The van der Waals surface area contributed by atoms with Crippen LogP contribution in [0.15, 0.2) is 42.7 Å². The maximum atomic E-state index is 13.0. The van der Waals surface area contributed by atoms with E-state index < -0.39 is 0 Å². The van der Waals surface area contributed by atoms with Gasteiger partial charge in [-0.2, -0.15) is 0 Å². The summed E-state index contributed by atoms with van der Waals surface area (Å²) < 4.78 is 7.96. The average molecular weight is 368 g/mol. The fraction of sp³-hybridized carbons (Fsp3) is 0.524. The Hall–Kier alpha value is -2.18. The van der Waals surface area contributed by atoms with Crippen molar-refractivity contribution in [2.45, 2.75) is 31.9 Å². The molecule has 4 rings (SSSR count). The lowest BCUT2D eigenvalue weighted by molar-refractivity contribution is -0.132. The van der Waals surface area contributed by atoms with Gasteiger partial charge in [0.1, 0.15) is 12.4 Å². The number of imidazole rings is 1. The highest BCUT2D eigenvalue weighted by Crippen LogP contribution is 2.18. The van der Waals surface area contributed by atoms with Crippen molar-refractivity contribution in [1.82, 2.24) is 19.4 Å². The molecule has 1 atom stereocenters. The van der Waals surface area contributed by atoms with Gasteiger partial charge in [0.05, 0.1) is 6.10 Å². The van der Waals surface area contributed by atoms with E-state index in [4.69, 9.17) is 4.74 Å². The number of aromatic nitrogens is 2. The molecule has 0 aliphatic carbocycles. The zero-order valence-electron chi connectivity index (χ0n) is 15.8. The molecule has 27 heavy (non-hydrogen) atoms. The molecule has 0 N–H and O–H groups in total. The zero-order chi connectivity index (χ0) is 18.5. The Morgan fingerprint density at radius 2 is 1.93 bits per heavy atom. The van der Waals surface area contributed by atoms with Gasteiger partial charge in [0.2, 0.25) is 5.91 Å². The molecule has 1 aromatic heterocycles. The van der Waals surface area contributed by atoms with E-state index in [0.717, 1.165) is 50.6 Å². The molecule has 2 aromatic rings. The second kappa shape index (κ2) is 8.67. The van der Waals surface area contributed by atoms with Crippen LogP contribution in [0, 0.1) is 0 Å². The Kier molecular flexibility index (Phi) is 5.84. The summed E-state index contributed by atoms with van der Waals surface area (Å²) in [6, 6.07) is 10.0. The van der Waals surface area contributed by atoms with Crippen LogP contribution in [0.25, 0.3) is 11.4 Å². The Morgan fingerprint density at radius 3 is 2.74 bits per heavy atom. The van der Waals surface area contributed by atoms with Crippen molar-refractivity contribution in [3.63, 3.8) is 0 Å². The third-order valence-electron chi connectivity index (χ3n) is 5.42. The summed E-state index contributed by atoms with van der Waals surface area (Å²) in [6.07, 6.45) is 7.22. The van der Waals surface area contributed by atoms with Crippen LogP contribution >= 0.6 is 0 Å². The first-order valence-electron chi connectivity index (χ1n) is 9.98. The number of ether oxygens (including phenoxy) is 1. The molecule has 6 nitrogen and oxygen atoms in total. The number of nitrogens with zero attached hydrogens (tertiary/aromatic N) is 4. The number of carbonyl (C=O) groups excluding carboxylic acids is 1. The van der Waals surface area contributed by atoms with Gasteiger partial charge < -0.3 is 19.1 Å². The summed E-state index contributed by atoms with van der Waals surface area (Å²) in [7, 11) is 0. The van der Waals surface area contributed by atoms with E-state index >= 15 is 0 Å². The molecular weight excluding hydrogens is 340 g/mol. The molecule has 2 aliphatic heterocycles. The number of hydrogen-bond acceptors (Lipinski definition) is 4. The summed E-state index contributed by atoms with van der Waals surface area (Å²) in [5.41, 5.74) is 1.03. The summed E-state index contributed by atoms with van der Waals surface area (Å²) in [6.45, 7) is 5.76. The van der Waals surface area contributed by atoms with Crippen molar-refractivity contribution in [2.75, 3.05) is 39.3 Å². The van der Waals surface area contributed by atoms with Crippen molar-refractivity contribution in [3.8, 4) is 11.4 Å². The molecular formula is C21H28N4O2. The van der Waals surface area contributed by atoms with E-state index in [0.29, 0.717) is 13.1 Å². The SMILES string of the molecule is O=C(Cn1ccnc1-c1ccccc1)N1CCCO[C@@H](CN2CCCC2)C1. The van der Waals surface area contributed by atoms with Gasteiger partial charge >= 0.3 is 0 Å². The van der Waals surface area contributed by atoms with Crippen molar-refractivity contribution in [2.24, 2.45) is 0 Å². The van der Waals surface area contributed by atoms with Crippen molar-refractivity contribution >= 4 is 5.91 Å². The molecule has 1 amide bonds. The molecule has 0 radical (unpaired) electrons. The minimum Gasteiger partial charge on any atom is -0.375 e. The summed E-state index contributed by atoms with van der Waals surface area (Å²) in [5, 5.41) is 0. The molecule has 2 aliphatic rings. The molecule has 144 valence electrons. The lowest BCUT2D eigenvalue weighted by Crippen LogP contribution is -2.42. The van der Waals surface area contributed by atoms with E-state index in [1.807, 2.05) is 46.0 Å². The van der Waals surface area contributed by atoms with Crippen LogP contribution in [-0.4, -0.2) is 70.7 Å². The highest BCUT2D eigenvalue weighted by atomic mass is 16.5. The second-order valence-electron chi connectivity index (χ2n) is 7.44. The Morgan fingerprint density at radius 1 is 1.11 bits per heavy atom. The lowest BCUT2D eigenvalue weighted by Gasteiger charge is -2.27. The van der Waals surface area contributed by atoms with Gasteiger partial charge in [0.25, 0.3) is 0 Å². The molecule has 1 aromatic carbocycles. The number of rotatable bonds is 5. The van der Waals surface area contributed by atoms with Gasteiger partial charge in [-0.25, -0.2) is 4.98 Å². The maximum Gasteiger partial charge on any atom is 0.242 e. The number of hydrogen-bond donors (Lipinski definition) is 0. The monoisotopic (exact) mass is 368 g/mol. The number of carbonyl (C=O) groups is 1. The molecule has 2 saturated heterocycles. The average Bonchev–Trinajstić information content (AvgIpc) is 3.31. The molecule has 3 heterocycles. The highest BCUT2D eigenvalue weighted by Gasteiger charge is 2.25. The van der Waals surface area contributed by atoms with E-state index in [1.54, 1.807) is 6.20 Å². The minimum absolute atomic E-state index is 0.117. The first-order valence-corrected chi connectivity index (χ1v) is 9.98. The van der Waals surface area contributed by atoms with Crippen LogP contribution in [0.5, 0.6) is 0 Å². The summed E-state index contributed by atoms with van der Waals surface area (Å²) in [4.78, 5) is 21.9. The molecule has 2 fully saturated rings. The van der Waals surface area contributed by atoms with Crippen LogP contribution in [0.3, 0.4) is 0 Å².